The Kier molecular flexibility index (Phi) is 4.25. The van der Waals surface area contributed by atoms with Gasteiger partial charge in [-0.1, -0.05) is 39.7 Å². The molecule has 2 aromatic rings. The molecule has 0 spiro atoms. The monoisotopic (exact) mass is 350 g/mol. The summed E-state index contributed by atoms with van der Waals surface area (Å²) < 4.78 is 27.3. The van der Waals surface area contributed by atoms with Gasteiger partial charge in [0.25, 0.3) is 0 Å². The number of halogens is 5. The molecule has 5 heteroatoms. The lowest BCUT2D eigenvalue weighted by Gasteiger charge is -2.13. The Labute approximate surface area is 122 Å². The molecule has 0 bridgehead atoms. The highest BCUT2D eigenvalue weighted by Gasteiger charge is 2.18. The summed E-state index contributed by atoms with van der Waals surface area (Å²) in [7, 11) is 0. The number of benzene rings is 2. The minimum Gasteiger partial charge on any atom is -0.207 e. The largest absolute Gasteiger partial charge is 0.207 e. The van der Waals surface area contributed by atoms with Gasteiger partial charge in [0.1, 0.15) is 11.6 Å². The summed E-state index contributed by atoms with van der Waals surface area (Å²) in [4.78, 5) is 0. The van der Waals surface area contributed by atoms with Gasteiger partial charge in [0.2, 0.25) is 0 Å². The Morgan fingerprint density at radius 1 is 1.00 bits per heavy atom. The third-order valence-electron chi connectivity index (χ3n) is 2.47. The van der Waals surface area contributed by atoms with E-state index in [4.69, 9.17) is 23.2 Å². The first-order valence-corrected chi connectivity index (χ1v) is 6.63. The lowest BCUT2D eigenvalue weighted by molar-refractivity contribution is 0.573. The summed E-state index contributed by atoms with van der Waals surface area (Å²) in [5.41, 5.74) is 0.773. The van der Waals surface area contributed by atoms with Crippen LogP contribution in [0, 0.1) is 11.6 Å². The maximum atomic E-state index is 13.6. The van der Waals surface area contributed by atoms with E-state index in [0.29, 0.717) is 10.6 Å². The second-order valence-electron chi connectivity index (χ2n) is 3.69. The van der Waals surface area contributed by atoms with Crippen LogP contribution in [0.5, 0.6) is 0 Å². The van der Waals surface area contributed by atoms with Gasteiger partial charge in [-0.3, -0.25) is 0 Å². The maximum absolute atomic E-state index is 13.6. The van der Waals surface area contributed by atoms with Crippen LogP contribution in [0.1, 0.15) is 16.5 Å². The van der Waals surface area contributed by atoms with Crippen molar-refractivity contribution in [3.8, 4) is 0 Å². The first-order valence-electron chi connectivity index (χ1n) is 5.03. The molecular weight excluding hydrogens is 345 g/mol. The summed E-state index contributed by atoms with van der Waals surface area (Å²) >= 11 is 15.5. The van der Waals surface area contributed by atoms with Crippen molar-refractivity contribution in [1.29, 1.82) is 0 Å². The second kappa shape index (κ2) is 5.55. The molecule has 0 amide bonds. The fourth-order valence-electron chi connectivity index (χ4n) is 1.58. The number of rotatable bonds is 2. The highest BCUT2D eigenvalue weighted by atomic mass is 79.9. The third kappa shape index (κ3) is 2.85. The molecule has 0 nitrogen and oxygen atoms in total. The van der Waals surface area contributed by atoms with Crippen LogP contribution in [0.4, 0.5) is 8.78 Å². The topological polar surface area (TPSA) is 0 Å². The first kappa shape index (κ1) is 13.8. The van der Waals surface area contributed by atoms with Gasteiger partial charge < -0.3 is 0 Å². The zero-order valence-electron chi connectivity index (χ0n) is 8.93. The fraction of sp³-hybridized carbons (Fsp3) is 0.0769. The third-order valence-corrected chi connectivity index (χ3v) is 3.76. The van der Waals surface area contributed by atoms with Crippen LogP contribution in [-0.4, -0.2) is 0 Å². The van der Waals surface area contributed by atoms with Gasteiger partial charge in [-0.05, 0) is 23.8 Å². The van der Waals surface area contributed by atoms with Gasteiger partial charge in [0.15, 0.2) is 0 Å². The molecule has 0 aliphatic carbocycles. The van der Waals surface area contributed by atoms with E-state index in [9.17, 15) is 8.78 Å². The van der Waals surface area contributed by atoms with Crippen molar-refractivity contribution >= 4 is 39.1 Å². The molecular formula is C13H7BrCl2F2. The van der Waals surface area contributed by atoms with Gasteiger partial charge in [-0.15, -0.1) is 11.6 Å². The van der Waals surface area contributed by atoms with Crippen molar-refractivity contribution in [2.75, 3.05) is 0 Å². The summed E-state index contributed by atoms with van der Waals surface area (Å²) in [6, 6.07) is 8.43. The zero-order chi connectivity index (χ0) is 13.3. The standard InChI is InChI=1S/C13H7BrCl2F2/c14-7-1-3-9(11(15)5-7)13(16)10-4-2-8(17)6-12(10)18/h1-6,13H. The maximum Gasteiger partial charge on any atom is 0.131 e. The summed E-state index contributed by atoms with van der Waals surface area (Å²) in [5.74, 6) is -1.32. The Morgan fingerprint density at radius 3 is 2.28 bits per heavy atom. The van der Waals surface area contributed by atoms with E-state index < -0.39 is 17.0 Å². The quantitative estimate of drug-likeness (QED) is 0.608. The molecule has 18 heavy (non-hydrogen) atoms. The van der Waals surface area contributed by atoms with E-state index in [-0.39, 0.29) is 5.56 Å². The molecule has 0 fully saturated rings. The van der Waals surface area contributed by atoms with Crippen LogP contribution in [-0.2, 0) is 0 Å². The van der Waals surface area contributed by atoms with Gasteiger partial charge >= 0.3 is 0 Å². The predicted molar refractivity (Wildman–Crippen MR) is 73.2 cm³/mol. The molecule has 0 saturated heterocycles. The number of hydrogen-bond acceptors (Lipinski definition) is 0. The molecule has 0 radical (unpaired) electrons. The Morgan fingerprint density at radius 2 is 1.67 bits per heavy atom. The minimum atomic E-state index is -0.758. The van der Waals surface area contributed by atoms with Crippen molar-refractivity contribution in [2.45, 2.75) is 5.38 Å². The van der Waals surface area contributed by atoms with E-state index in [1.165, 1.54) is 12.1 Å². The predicted octanol–water partition coefficient (Wildman–Crippen LogP) is 5.71. The second-order valence-corrected chi connectivity index (χ2v) is 5.45. The van der Waals surface area contributed by atoms with Crippen LogP contribution < -0.4 is 0 Å². The number of alkyl halides is 1. The van der Waals surface area contributed by atoms with Crippen molar-refractivity contribution < 1.29 is 8.78 Å². The fourth-order valence-corrected chi connectivity index (χ4v) is 2.79. The van der Waals surface area contributed by atoms with Gasteiger partial charge in [0, 0.05) is 21.1 Å². The van der Waals surface area contributed by atoms with Crippen molar-refractivity contribution in [3.05, 3.63) is 68.7 Å². The van der Waals surface area contributed by atoms with Gasteiger partial charge in [-0.2, -0.15) is 0 Å². The van der Waals surface area contributed by atoms with Crippen LogP contribution >= 0.6 is 39.1 Å². The van der Waals surface area contributed by atoms with Crippen LogP contribution in [0.15, 0.2) is 40.9 Å². The molecule has 0 saturated carbocycles. The number of hydrogen-bond donors (Lipinski definition) is 0. The average molecular weight is 352 g/mol. The SMILES string of the molecule is Fc1ccc(C(Cl)c2ccc(Br)cc2Cl)c(F)c1. The molecule has 0 aliphatic heterocycles. The van der Waals surface area contributed by atoms with Gasteiger partial charge in [0.05, 0.1) is 5.38 Å². The summed E-state index contributed by atoms with van der Waals surface area (Å²) in [5, 5.41) is -0.334. The van der Waals surface area contributed by atoms with E-state index in [0.717, 1.165) is 10.5 Å². The lowest BCUT2D eigenvalue weighted by Crippen LogP contribution is -1.98. The zero-order valence-corrected chi connectivity index (χ0v) is 12.0. The lowest BCUT2D eigenvalue weighted by atomic mass is 10.0. The minimum absolute atomic E-state index is 0.197. The smallest absolute Gasteiger partial charge is 0.131 e. The molecule has 0 N–H and O–H groups in total. The van der Waals surface area contributed by atoms with Crippen molar-refractivity contribution in [3.63, 3.8) is 0 Å². The molecule has 0 heterocycles. The molecule has 0 aliphatic rings. The Bertz CT molecular complexity index is 536. The molecule has 2 rings (SSSR count). The van der Waals surface area contributed by atoms with Crippen molar-refractivity contribution in [2.24, 2.45) is 0 Å². The summed E-state index contributed by atoms with van der Waals surface area (Å²) in [6.07, 6.45) is 0. The van der Waals surface area contributed by atoms with Gasteiger partial charge in [-0.25, -0.2) is 8.78 Å². The first-order chi connectivity index (χ1) is 8.49. The molecule has 1 unspecified atom stereocenters. The highest BCUT2D eigenvalue weighted by molar-refractivity contribution is 9.10. The van der Waals surface area contributed by atoms with E-state index >= 15 is 0 Å². The Balaban J connectivity index is 2.44. The molecule has 94 valence electrons. The van der Waals surface area contributed by atoms with Crippen molar-refractivity contribution in [1.82, 2.24) is 0 Å². The van der Waals surface area contributed by atoms with E-state index in [1.807, 2.05) is 0 Å². The molecule has 1 atom stereocenters. The van der Waals surface area contributed by atoms with E-state index in [2.05, 4.69) is 15.9 Å². The molecule has 2 aromatic carbocycles. The van der Waals surface area contributed by atoms with Crippen LogP contribution in [0.3, 0.4) is 0 Å². The van der Waals surface area contributed by atoms with E-state index in [1.54, 1.807) is 18.2 Å². The molecule has 0 aromatic heterocycles. The highest BCUT2D eigenvalue weighted by Crippen LogP contribution is 2.36. The normalized spacial score (nSPS) is 12.5. The Hall–Kier alpha value is -0.640. The van der Waals surface area contributed by atoms with Crippen LogP contribution in [0.25, 0.3) is 0 Å². The van der Waals surface area contributed by atoms with Crippen LogP contribution in [0.2, 0.25) is 5.02 Å². The average Bonchev–Trinajstić information content (AvgIpc) is 2.28. The summed E-state index contributed by atoms with van der Waals surface area (Å²) in [6.45, 7) is 0.